The molecule has 3 aromatic rings. The molecule has 3 nitrogen and oxygen atoms in total. The normalized spacial score (nSPS) is 15.0. The van der Waals surface area contributed by atoms with Crippen molar-refractivity contribution in [2.45, 2.75) is 6.92 Å². The monoisotopic (exact) mass is 322 g/mol. The van der Waals surface area contributed by atoms with Crippen LogP contribution in [-0.2, 0) is 4.74 Å². The lowest BCUT2D eigenvalue weighted by molar-refractivity contribution is 0.122. The van der Waals surface area contributed by atoms with E-state index in [9.17, 15) is 4.39 Å². The second-order valence-electron chi connectivity index (χ2n) is 6.11. The average Bonchev–Trinajstić information content (AvgIpc) is 2.62. The topological polar surface area (TPSA) is 25.4 Å². The fourth-order valence-electron chi connectivity index (χ4n) is 3.24. The molecule has 2 aromatic carbocycles. The quantitative estimate of drug-likeness (QED) is 0.707. The summed E-state index contributed by atoms with van der Waals surface area (Å²) in [7, 11) is 0. The molecule has 4 heteroatoms. The Hall–Kier alpha value is -2.46. The molecule has 0 spiro atoms. The third kappa shape index (κ3) is 2.74. The molecule has 2 heterocycles. The number of fused-ring (bicyclic) bond motifs is 1. The number of aryl methyl sites for hydroxylation is 1. The van der Waals surface area contributed by atoms with Gasteiger partial charge in [0.15, 0.2) is 0 Å². The molecule has 1 aliphatic heterocycles. The zero-order valence-electron chi connectivity index (χ0n) is 13.6. The highest BCUT2D eigenvalue weighted by atomic mass is 19.1. The Morgan fingerprint density at radius 2 is 1.83 bits per heavy atom. The third-order valence-electron chi connectivity index (χ3n) is 4.51. The van der Waals surface area contributed by atoms with Crippen LogP contribution in [-0.4, -0.2) is 31.3 Å². The van der Waals surface area contributed by atoms with Crippen LogP contribution in [0.2, 0.25) is 0 Å². The van der Waals surface area contributed by atoms with Crippen LogP contribution in [0.4, 0.5) is 10.2 Å². The van der Waals surface area contributed by atoms with Gasteiger partial charge in [0.05, 0.1) is 18.9 Å². The maximum absolute atomic E-state index is 13.5. The molecule has 0 bridgehead atoms. The van der Waals surface area contributed by atoms with E-state index in [2.05, 4.69) is 23.1 Å². The van der Waals surface area contributed by atoms with E-state index < -0.39 is 0 Å². The molecule has 0 saturated carbocycles. The molecule has 0 aliphatic carbocycles. The first kappa shape index (κ1) is 15.1. The van der Waals surface area contributed by atoms with Gasteiger partial charge in [0, 0.05) is 24.0 Å². The lowest BCUT2D eigenvalue weighted by Crippen LogP contribution is -2.36. The fourth-order valence-corrected chi connectivity index (χ4v) is 3.24. The van der Waals surface area contributed by atoms with Crippen molar-refractivity contribution in [2.24, 2.45) is 0 Å². The third-order valence-corrected chi connectivity index (χ3v) is 4.51. The number of morpholine rings is 1. The average molecular weight is 322 g/mol. The van der Waals surface area contributed by atoms with Gasteiger partial charge in [-0.05, 0) is 42.1 Å². The number of nitrogens with zero attached hydrogens (tertiary/aromatic N) is 2. The standard InChI is InChI=1S/C20H19FN2O/c1-14-12-16(21)6-7-17(14)20-18-5-3-2-4-15(18)13-19(22-20)23-8-10-24-11-9-23/h2-7,12-13H,8-11H2,1H3. The van der Waals surface area contributed by atoms with Gasteiger partial charge in [0.2, 0.25) is 0 Å². The Kier molecular flexibility index (Phi) is 3.90. The van der Waals surface area contributed by atoms with Gasteiger partial charge < -0.3 is 9.64 Å². The van der Waals surface area contributed by atoms with E-state index in [1.165, 1.54) is 6.07 Å². The van der Waals surface area contributed by atoms with Crippen LogP contribution >= 0.6 is 0 Å². The SMILES string of the molecule is Cc1cc(F)ccc1-c1nc(N2CCOCC2)cc2ccccc12. The Balaban J connectivity index is 1.92. The van der Waals surface area contributed by atoms with E-state index in [1.807, 2.05) is 25.1 Å². The predicted molar refractivity (Wildman–Crippen MR) is 94.9 cm³/mol. The van der Waals surface area contributed by atoms with Crippen LogP contribution in [0.1, 0.15) is 5.56 Å². The first-order valence-electron chi connectivity index (χ1n) is 8.21. The Bertz CT molecular complexity index is 888. The van der Waals surface area contributed by atoms with Crippen LogP contribution in [0.5, 0.6) is 0 Å². The minimum Gasteiger partial charge on any atom is -0.378 e. The number of hydrogen-bond donors (Lipinski definition) is 0. The van der Waals surface area contributed by atoms with Crippen molar-refractivity contribution in [1.29, 1.82) is 0 Å². The van der Waals surface area contributed by atoms with Gasteiger partial charge in [-0.1, -0.05) is 24.3 Å². The summed E-state index contributed by atoms with van der Waals surface area (Å²) in [5.74, 6) is 0.737. The molecule has 0 amide bonds. The Labute approximate surface area is 140 Å². The maximum Gasteiger partial charge on any atom is 0.130 e. The van der Waals surface area contributed by atoms with E-state index >= 15 is 0 Å². The number of aromatic nitrogens is 1. The largest absolute Gasteiger partial charge is 0.378 e. The fraction of sp³-hybridized carbons (Fsp3) is 0.250. The van der Waals surface area contributed by atoms with Crippen LogP contribution in [0.25, 0.3) is 22.0 Å². The summed E-state index contributed by atoms with van der Waals surface area (Å²) in [6.07, 6.45) is 0. The number of pyridine rings is 1. The van der Waals surface area contributed by atoms with Crippen LogP contribution in [0.15, 0.2) is 48.5 Å². The number of anilines is 1. The summed E-state index contributed by atoms with van der Waals surface area (Å²) in [6, 6.07) is 15.2. The van der Waals surface area contributed by atoms with Crippen molar-refractivity contribution in [2.75, 3.05) is 31.2 Å². The summed E-state index contributed by atoms with van der Waals surface area (Å²) < 4.78 is 18.9. The van der Waals surface area contributed by atoms with E-state index in [0.717, 1.165) is 59.7 Å². The van der Waals surface area contributed by atoms with E-state index in [-0.39, 0.29) is 5.82 Å². The molecule has 1 aromatic heterocycles. The van der Waals surface area contributed by atoms with Crippen molar-refractivity contribution >= 4 is 16.6 Å². The highest BCUT2D eigenvalue weighted by Crippen LogP contribution is 2.32. The number of ether oxygens (including phenoxy) is 1. The molecule has 122 valence electrons. The number of hydrogen-bond acceptors (Lipinski definition) is 3. The second kappa shape index (κ2) is 6.21. The molecule has 1 aliphatic rings. The minimum absolute atomic E-state index is 0.218. The van der Waals surface area contributed by atoms with E-state index in [0.29, 0.717) is 0 Å². The number of benzene rings is 2. The van der Waals surface area contributed by atoms with Crippen LogP contribution in [0, 0.1) is 12.7 Å². The lowest BCUT2D eigenvalue weighted by Gasteiger charge is -2.28. The van der Waals surface area contributed by atoms with Crippen molar-refractivity contribution in [3.8, 4) is 11.3 Å². The molecule has 1 fully saturated rings. The smallest absolute Gasteiger partial charge is 0.130 e. The highest BCUT2D eigenvalue weighted by Gasteiger charge is 2.16. The zero-order chi connectivity index (χ0) is 16.5. The molecule has 0 atom stereocenters. The van der Waals surface area contributed by atoms with Gasteiger partial charge in [0.1, 0.15) is 11.6 Å². The van der Waals surface area contributed by atoms with Gasteiger partial charge >= 0.3 is 0 Å². The van der Waals surface area contributed by atoms with Gasteiger partial charge in [-0.15, -0.1) is 0 Å². The molecule has 1 saturated heterocycles. The molecular formula is C20H19FN2O. The molecule has 4 rings (SSSR count). The maximum atomic E-state index is 13.5. The lowest BCUT2D eigenvalue weighted by atomic mass is 10.00. The molecule has 24 heavy (non-hydrogen) atoms. The van der Waals surface area contributed by atoms with Crippen molar-refractivity contribution in [3.63, 3.8) is 0 Å². The summed E-state index contributed by atoms with van der Waals surface area (Å²) >= 11 is 0. The summed E-state index contributed by atoms with van der Waals surface area (Å²) in [4.78, 5) is 7.18. The van der Waals surface area contributed by atoms with Crippen molar-refractivity contribution in [1.82, 2.24) is 4.98 Å². The summed E-state index contributed by atoms with van der Waals surface area (Å²) in [5.41, 5.74) is 2.78. The van der Waals surface area contributed by atoms with Gasteiger partial charge in [-0.2, -0.15) is 0 Å². The zero-order valence-corrected chi connectivity index (χ0v) is 13.6. The van der Waals surface area contributed by atoms with Gasteiger partial charge in [-0.3, -0.25) is 0 Å². The first-order chi connectivity index (χ1) is 11.7. The number of rotatable bonds is 2. The number of halogens is 1. The summed E-state index contributed by atoms with van der Waals surface area (Å²) in [5, 5.41) is 2.23. The molecule has 0 unspecified atom stereocenters. The van der Waals surface area contributed by atoms with E-state index in [1.54, 1.807) is 6.07 Å². The molecule has 0 N–H and O–H groups in total. The minimum atomic E-state index is -0.218. The van der Waals surface area contributed by atoms with Crippen molar-refractivity contribution < 1.29 is 9.13 Å². The molecular weight excluding hydrogens is 303 g/mol. The van der Waals surface area contributed by atoms with Gasteiger partial charge in [-0.25, -0.2) is 9.37 Å². The Morgan fingerprint density at radius 1 is 1.04 bits per heavy atom. The summed E-state index contributed by atoms with van der Waals surface area (Å²) in [6.45, 7) is 5.05. The van der Waals surface area contributed by atoms with Crippen LogP contribution < -0.4 is 4.90 Å². The second-order valence-corrected chi connectivity index (χ2v) is 6.11. The highest BCUT2D eigenvalue weighted by molar-refractivity contribution is 5.97. The predicted octanol–water partition coefficient (Wildman–Crippen LogP) is 4.19. The van der Waals surface area contributed by atoms with Gasteiger partial charge in [0.25, 0.3) is 0 Å². The van der Waals surface area contributed by atoms with E-state index in [4.69, 9.17) is 9.72 Å². The Morgan fingerprint density at radius 3 is 2.62 bits per heavy atom. The van der Waals surface area contributed by atoms with Crippen molar-refractivity contribution in [3.05, 3.63) is 59.9 Å². The molecule has 0 radical (unpaired) electrons. The first-order valence-corrected chi connectivity index (χ1v) is 8.21. The van der Waals surface area contributed by atoms with Crippen LogP contribution in [0.3, 0.4) is 0 Å².